The van der Waals surface area contributed by atoms with Crippen LogP contribution >= 0.6 is 11.6 Å². The molecule has 0 saturated carbocycles. The summed E-state index contributed by atoms with van der Waals surface area (Å²) in [6.45, 7) is 1.53. The number of carbonyl (C=O) groups excluding carboxylic acids is 2. The summed E-state index contributed by atoms with van der Waals surface area (Å²) in [7, 11) is 0. The molecule has 1 N–H and O–H groups in total. The van der Waals surface area contributed by atoms with Crippen LogP contribution < -0.4 is 5.32 Å². The molecule has 3 rings (SSSR count). The molecule has 1 amide bonds. The number of amides is 1. The Labute approximate surface area is 175 Å². The fourth-order valence-corrected chi connectivity index (χ4v) is 3.22. The number of aryl methyl sites for hydroxylation is 1. The Bertz CT molecular complexity index is 934. The largest absolute Gasteiger partial charge is 0.456 e. The molecule has 0 aliphatic rings. The van der Waals surface area contributed by atoms with E-state index in [4.69, 9.17) is 16.3 Å². The quantitative estimate of drug-likeness (QED) is 0.537. The van der Waals surface area contributed by atoms with E-state index in [1.165, 1.54) is 0 Å². The number of rotatable bonds is 7. The third kappa shape index (κ3) is 5.93. The molecule has 5 heteroatoms. The lowest BCUT2D eigenvalue weighted by atomic mass is 9.89. The summed E-state index contributed by atoms with van der Waals surface area (Å²) in [6, 6.07) is 24.8. The zero-order valence-electron chi connectivity index (χ0n) is 16.1. The van der Waals surface area contributed by atoms with Crippen molar-refractivity contribution in [3.05, 3.63) is 101 Å². The van der Waals surface area contributed by atoms with E-state index in [-0.39, 0.29) is 18.9 Å². The van der Waals surface area contributed by atoms with E-state index in [1.807, 2.05) is 73.7 Å². The van der Waals surface area contributed by atoms with Gasteiger partial charge < -0.3 is 10.1 Å². The van der Waals surface area contributed by atoms with Crippen LogP contribution in [0.2, 0.25) is 5.02 Å². The van der Waals surface area contributed by atoms with Gasteiger partial charge in [-0.1, -0.05) is 78.3 Å². The Morgan fingerprint density at radius 2 is 1.52 bits per heavy atom. The van der Waals surface area contributed by atoms with Crippen LogP contribution in [0.4, 0.5) is 5.69 Å². The molecule has 3 aromatic rings. The molecule has 3 aromatic carbocycles. The van der Waals surface area contributed by atoms with Crippen LogP contribution in [0, 0.1) is 6.92 Å². The van der Waals surface area contributed by atoms with Crippen molar-refractivity contribution in [2.45, 2.75) is 19.3 Å². The predicted octanol–water partition coefficient (Wildman–Crippen LogP) is 5.35. The average Bonchev–Trinajstić information content (AvgIpc) is 2.74. The van der Waals surface area contributed by atoms with Gasteiger partial charge in [-0.3, -0.25) is 9.59 Å². The maximum absolute atomic E-state index is 12.4. The fourth-order valence-electron chi connectivity index (χ4n) is 3.04. The minimum atomic E-state index is -0.431. The molecule has 0 fully saturated rings. The Morgan fingerprint density at radius 3 is 2.07 bits per heavy atom. The van der Waals surface area contributed by atoms with Gasteiger partial charge in [0.25, 0.3) is 5.91 Å². The van der Waals surface area contributed by atoms with Crippen LogP contribution in [0.15, 0.2) is 78.9 Å². The second-order valence-electron chi connectivity index (χ2n) is 6.75. The molecule has 29 heavy (non-hydrogen) atoms. The molecule has 148 valence electrons. The number of hydrogen-bond acceptors (Lipinski definition) is 3. The van der Waals surface area contributed by atoms with Crippen molar-refractivity contribution in [1.82, 2.24) is 0 Å². The molecule has 0 atom stereocenters. The molecule has 0 aliphatic carbocycles. The Balaban J connectivity index is 1.60. The number of nitrogens with one attached hydrogen (secondary N) is 1. The van der Waals surface area contributed by atoms with E-state index in [9.17, 15) is 9.59 Å². The van der Waals surface area contributed by atoms with E-state index < -0.39 is 11.9 Å². The summed E-state index contributed by atoms with van der Waals surface area (Å²) < 4.78 is 5.22. The first kappa shape index (κ1) is 20.6. The maximum Gasteiger partial charge on any atom is 0.307 e. The van der Waals surface area contributed by atoms with Gasteiger partial charge in [-0.15, -0.1) is 0 Å². The minimum Gasteiger partial charge on any atom is -0.456 e. The number of halogens is 1. The lowest BCUT2D eigenvalue weighted by molar-refractivity contribution is -0.147. The van der Waals surface area contributed by atoms with Gasteiger partial charge in [0.2, 0.25) is 0 Å². The highest BCUT2D eigenvalue weighted by Crippen LogP contribution is 2.28. The van der Waals surface area contributed by atoms with Crippen molar-refractivity contribution < 1.29 is 14.3 Å². The van der Waals surface area contributed by atoms with Crippen molar-refractivity contribution in [2.75, 3.05) is 11.9 Å². The first-order valence-electron chi connectivity index (χ1n) is 9.34. The SMILES string of the molecule is Cc1ccc(NC(=O)COC(=O)CC(c2ccccc2)c2ccccc2)cc1Cl. The van der Waals surface area contributed by atoms with Gasteiger partial charge in [-0.25, -0.2) is 0 Å². The number of carbonyl (C=O) groups is 2. The summed E-state index contributed by atoms with van der Waals surface area (Å²) in [5, 5.41) is 3.24. The number of esters is 1. The summed E-state index contributed by atoms with van der Waals surface area (Å²) >= 11 is 6.06. The minimum absolute atomic E-state index is 0.135. The molecule has 0 aliphatic heterocycles. The number of anilines is 1. The zero-order valence-corrected chi connectivity index (χ0v) is 16.9. The van der Waals surface area contributed by atoms with Crippen molar-refractivity contribution in [2.24, 2.45) is 0 Å². The summed E-state index contributed by atoms with van der Waals surface area (Å²) in [5.41, 5.74) is 3.53. The number of hydrogen-bond donors (Lipinski definition) is 1. The lowest BCUT2D eigenvalue weighted by Gasteiger charge is -2.17. The number of ether oxygens (including phenoxy) is 1. The van der Waals surface area contributed by atoms with Crippen LogP contribution in [0.3, 0.4) is 0 Å². The van der Waals surface area contributed by atoms with Crippen LogP contribution in [0.25, 0.3) is 0 Å². The smallest absolute Gasteiger partial charge is 0.307 e. The van der Waals surface area contributed by atoms with Crippen LogP contribution in [-0.4, -0.2) is 18.5 Å². The van der Waals surface area contributed by atoms with E-state index in [0.29, 0.717) is 10.7 Å². The molecule has 0 spiro atoms. The second kappa shape index (κ2) is 9.89. The van der Waals surface area contributed by atoms with Gasteiger partial charge in [0.1, 0.15) is 0 Å². The summed E-state index contributed by atoms with van der Waals surface area (Å²) in [5.74, 6) is -0.974. The Morgan fingerprint density at radius 1 is 0.931 bits per heavy atom. The van der Waals surface area contributed by atoms with E-state index in [2.05, 4.69) is 5.32 Å². The third-order valence-electron chi connectivity index (χ3n) is 4.59. The first-order valence-corrected chi connectivity index (χ1v) is 9.72. The fraction of sp³-hybridized carbons (Fsp3) is 0.167. The molecular formula is C24H22ClNO3. The van der Waals surface area contributed by atoms with Crippen LogP contribution in [-0.2, 0) is 14.3 Å². The summed E-state index contributed by atoms with van der Waals surface area (Å²) in [6.07, 6.45) is 0.150. The van der Waals surface area contributed by atoms with Gasteiger partial charge >= 0.3 is 5.97 Å². The highest BCUT2D eigenvalue weighted by Gasteiger charge is 2.19. The molecule has 0 aromatic heterocycles. The second-order valence-corrected chi connectivity index (χ2v) is 7.16. The average molecular weight is 408 g/mol. The third-order valence-corrected chi connectivity index (χ3v) is 5.00. The molecular weight excluding hydrogens is 386 g/mol. The maximum atomic E-state index is 12.4. The molecule has 0 bridgehead atoms. The molecule has 0 radical (unpaired) electrons. The highest BCUT2D eigenvalue weighted by molar-refractivity contribution is 6.31. The first-order chi connectivity index (χ1) is 14.0. The van der Waals surface area contributed by atoms with Crippen molar-refractivity contribution >= 4 is 29.2 Å². The van der Waals surface area contributed by atoms with Gasteiger partial charge in [0.05, 0.1) is 6.42 Å². The van der Waals surface area contributed by atoms with Crippen molar-refractivity contribution in [1.29, 1.82) is 0 Å². The molecule has 0 saturated heterocycles. The molecule has 4 nitrogen and oxygen atoms in total. The standard InChI is InChI=1S/C24H22ClNO3/c1-17-12-13-20(14-22(17)25)26-23(27)16-29-24(28)15-21(18-8-4-2-5-9-18)19-10-6-3-7-11-19/h2-14,21H,15-16H2,1H3,(H,26,27). The molecule has 0 unspecified atom stereocenters. The van der Waals surface area contributed by atoms with Crippen LogP contribution in [0.5, 0.6) is 0 Å². The Hall–Kier alpha value is -3.11. The number of benzene rings is 3. The van der Waals surface area contributed by atoms with Gasteiger partial charge in [0.15, 0.2) is 6.61 Å². The van der Waals surface area contributed by atoms with Gasteiger partial charge in [0, 0.05) is 16.6 Å². The van der Waals surface area contributed by atoms with Gasteiger partial charge in [-0.2, -0.15) is 0 Å². The lowest BCUT2D eigenvalue weighted by Crippen LogP contribution is -2.22. The predicted molar refractivity (Wildman–Crippen MR) is 115 cm³/mol. The zero-order chi connectivity index (χ0) is 20.6. The van der Waals surface area contributed by atoms with E-state index >= 15 is 0 Å². The van der Waals surface area contributed by atoms with Gasteiger partial charge in [-0.05, 0) is 35.7 Å². The normalized spacial score (nSPS) is 10.6. The topological polar surface area (TPSA) is 55.4 Å². The van der Waals surface area contributed by atoms with Crippen molar-refractivity contribution in [3.63, 3.8) is 0 Å². The van der Waals surface area contributed by atoms with Crippen LogP contribution in [0.1, 0.15) is 29.0 Å². The Kier molecular flexibility index (Phi) is 7.04. The highest BCUT2D eigenvalue weighted by atomic mass is 35.5. The summed E-state index contributed by atoms with van der Waals surface area (Å²) in [4.78, 5) is 24.5. The molecule has 0 heterocycles. The van der Waals surface area contributed by atoms with E-state index in [1.54, 1.807) is 12.1 Å². The van der Waals surface area contributed by atoms with Crippen molar-refractivity contribution in [3.8, 4) is 0 Å². The monoisotopic (exact) mass is 407 g/mol. The van der Waals surface area contributed by atoms with E-state index in [0.717, 1.165) is 16.7 Å².